The average molecular weight is 226 g/mol. The van der Waals surface area contributed by atoms with E-state index in [9.17, 15) is 4.79 Å². The molecule has 0 aliphatic heterocycles. The summed E-state index contributed by atoms with van der Waals surface area (Å²) >= 11 is 0. The molecule has 1 aromatic carbocycles. The van der Waals surface area contributed by atoms with E-state index >= 15 is 0 Å². The number of aldehydes is 1. The highest BCUT2D eigenvalue weighted by atomic mass is 16.5. The van der Waals surface area contributed by atoms with Crippen LogP contribution in [0.3, 0.4) is 0 Å². The van der Waals surface area contributed by atoms with Crippen molar-refractivity contribution in [1.29, 1.82) is 0 Å². The molecule has 0 spiro atoms. The van der Waals surface area contributed by atoms with Crippen LogP contribution in [-0.4, -0.2) is 16.4 Å². The van der Waals surface area contributed by atoms with Gasteiger partial charge in [-0.25, -0.2) is 0 Å². The van der Waals surface area contributed by atoms with Crippen LogP contribution in [0.15, 0.2) is 35.0 Å². The molecule has 84 valence electrons. The fraction of sp³-hybridized carbons (Fsp3) is 0.0769. The predicted octanol–water partition coefficient (Wildman–Crippen LogP) is 2.94. The van der Waals surface area contributed by atoms with Crippen LogP contribution in [0.4, 0.5) is 0 Å². The van der Waals surface area contributed by atoms with Gasteiger partial charge in [-0.1, -0.05) is 16.8 Å². The number of aromatic amines is 1. The fourth-order valence-corrected chi connectivity index (χ4v) is 1.91. The maximum absolute atomic E-state index is 10.8. The third-order valence-corrected chi connectivity index (χ3v) is 2.75. The number of carbonyl (C=O) groups excluding carboxylic acids is 1. The summed E-state index contributed by atoms with van der Waals surface area (Å²) in [6.45, 7) is 2.04. The van der Waals surface area contributed by atoms with Crippen molar-refractivity contribution in [3.63, 3.8) is 0 Å². The molecule has 1 N–H and O–H groups in total. The molecule has 0 fully saturated rings. The minimum Gasteiger partial charge on any atom is -0.354 e. The molecule has 4 heteroatoms. The summed E-state index contributed by atoms with van der Waals surface area (Å²) in [7, 11) is 0. The van der Waals surface area contributed by atoms with E-state index in [1.54, 1.807) is 0 Å². The second-order valence-electron chi connectivity index (χ2n) is 4.00. The first-order valence-electron chi connectivity index (χ1n) is 5.27. The first-order valence-corrected chi connectivity index (χ1v) is 5.27. The zero-order valence-electron chi connectivity index (χ0n) is 9.23. The molecular formula is C13H10N2O2. The van der Waals surface area contributed by atoms with Crippen molar-refractivity contribution in [2.75, 3.05) is 0 Å². The predicted molar refractivity (Wildman–Crippen MR) is 63.9 cm³/mol. The minimum absolute atomic E-state index is 0.452. The van der Waals surface area contributed by atoms with Gasteiger partial charge in [0.2, 0.25) is 0 Å². The monoisotopic (exact) mass is 226 g/mol. The lowest BCUT2D eigenvalue weighted by Gasteiger charge is -1.91. The van der Waals surface area contributed by atoms with Crippen LogP contribution in [-0.2, 0) is 0 Å². The number of rotatable bonds is 2. The first-order chi connectivity index (χ1) is 8.28. The minimum atomic E-state index is 0.452. The molecule has 2 heterocycles. The van der Waals surface area contributed by atoms with Crippen LogP contribution >= 0.6 is 0 Å². The molecule has 17 heavy (non-hydrogen) atoms. The molecule has 0 aliphatic rings. The lowest BCUT2D eigenvalue weighted by Crippen LogP contribution is -1.80. The molecule has 3 rings (SSSR count). The number of aromatic nitrogens is 2. The first kappa shape index (κ1) is 9.84. The van der Waals surface area contributed by atoms with Crippen molar-refractivity contribution in [2.24, 2.45) is 0 Å². The molecule has 0 bridgehead atoms. The van der Waals surface area contributed by atoms with Crippen LogP contribution in [0.1, 0.15) is 15.9 Å². The molecule has 0 radical (unpaired) electrons. The molecule has 0 atom stereocenters. The Hall–Kier alpha value is -2.36. The van der Waals surface area contributed by atoms with Gasteiger partial charge in [0.1, 0.15) is 0 Å². The van der Waals surface area contributed by atoms with Crippen molar-refractivity contribution in [3.05, 3.63) is 41.6 Å². The van der Waals surface area contributed by atoms with E-state index in [2.05, 4.69) is 16.2 Å². The van der Waals surface area contributed by atoms with Gasteiger partial charge in [0.05, 0.1) is 17.5 Å². The van der Waals surface area contributed by atoms with Crippen molar-refractivity contribution < 1.29 is 9.32 Å². The van der Waals surface area contributed by atoms with Crippen LogP contribution in [0.5, 0.6) is 0 Å². The van der Waals surface area contributed by atoms with Crippen molar-refractivity contribution in [2.45, 2.75) is 6.92 Å². The van der Waals surface area contributed by atoms with E-state index in [0.717, 1.165) is 22.9 Å². The molecule has 2 aromatic heterocycles. The number of fused-ring (bicyclic) bond motifs is 1. The number of benzene rings is 1. The Bertz CT molecular complexity index is 694. The number of carbonyl (C=O) groups is 1. The molecule has 0 amide bonds. The maximum atomic E-state index is 10.8. The molecule has 0 unspecified atom stereocenters. The SMILES string of the molecule is Cc1ccc2[nH]c(-c3oncc3C=O)cc2c1. The summed E-state index contributed by atoms with van der Waals surface area (Å²) in [6, 6.07) is 8.07. The normalized spacial score (nSPS) is 10.9. The number of nitrogens with one attached hydrogen (secondary N) is 1. The van der Waals surface area contributed by atoms with E-state index in [0.29, 0.717) is 11.3 Å². The van der Waals surface area contributed by atoms with Crippen molar-refractivity contribution in [3.8, 4) is 11.5 Å². The summed E-state index contributed by atoms with van der Waals surface area (Å²) in [5.41, 5.74) is 3.42. The third-order valence-electron chi connectivity index (χ3n) is 2.75. The van der Waals surface area contributed by atoms with E-state index in [4.69, 9.17) is 4.52 Å². The smallest absolute Gasteiger partial charge is 0.193 e. The Labute approximate surface area is 97.2 Å². The van der Waals surface area contributed by atoms with Gasteiger partial charge in [-0.05, 0) is 25.1 Å². The fourth-order valence-electron chi connectivity index (χ4n) is 1.91. The summed E-state index contributed by atoms with van der Waals surface area (Å²) in [5, 5.41) is 4.72. The second kappa shape index (κ2) is 3.59. The average Bonchev–Trinajstić information content (AvgIpc) is 2.93. The van der Waals surface area contributed by atoms with Gasteiger partial charge >= 0.3 is 0 Å². The topological polar surface area (TPSA) is 58.9 Å². The summed E-state index contributed by atoms with van der Waals surface area (Å²) in [5.74, 6) is 0.480. The van der Waals surface area contributed by atoms with Gasteiger partial charge in [-0.3, -0.25) is 4.79 Å². The molecule has 0 saturated heterocycles. The molecule has 0 saturated carbocycles. The molecule has 4 nitrogen and oxygen atoms in total. The van der Waals surface area contributed by atoms with E-state index in [1.165, 1.54) is 11.8 Å². The Balaban J connectivity index is 2.21. The van der Waals surface area contributed by atoms with E-state index in [1.807, 2.05) is 25.1 Å². The lowest BCUT2D eigenvalue weighted by molar-refractivity contribution is 0.112. The largest absolute Gasteiger partial charge is 0.354 e. The van der Waals surface area contributed by atoms with Gasteiger partial charge in [-0.15, -0.1) is 0 Å². The van der Waals surface area contributed by atoms with Crippen molar-refractivity contribution >= 4 is 17.2 Å². The standard InChI is InChI=1S/C13H10N2O2/c1-8-2-3-11-9(4-8)5-12(15-11)13-10(7-16)6-14-17-13/h2-7,15H,1H3. The Morgan fingerprint density at radius 3 is 3.06 bits per heavy atom. The number of aryl methyl sites for hydroxylation is 1. The zero-order chi connectivity index (χ0) is 11.8. The van der Waals surface area contributed by atoms with Crippen LogP contribution in [0, 0.1) is 6.92 Å². The Morgan fingerprint density at radius 2 is 2.24 bits per heavy atom. The highest BCUT2D eigenvalue weighted by molar-refractivity contribution is 5.89. The zero-order valence-corrected chi connectivity index (χ0v) is 9.23. The van der Waals surface area contributed by atoms with E-state index in [-0.39, 0.29) is 0 Å². The van der Waals surface area contributed by atoms with Gasteiger partial charge in [0.25, 0.3) is 0 Å². The van der Waals surface area contributed by atoms with Crippen LogP contribution in [0.25, 0.3) is 22.4 Å². The van der Waals surface area contributed by atoms with Gasteiger partial charge in [0.15, 0.2) is 12.0 Å². The quantitative estimate of drug-likeness (QED) is 0.683. The van der Waals surface area contributed by atoms with Crippen LogP contribution < -0.4 is 0 Å². The van der Waals surface area contributed by atoms with Gasteiger partial charge in [-0.2, -0.15) is 0 Å². The highest BCUT2D eigenvalue weighted by Gasteiger charge is 2.12. The van der Waals surface area contributed by atoms with Crippen molar-refractivity contribution in [1.82, 2.24) is 10.1 Å². The molecular weight excluding hydrogens is 216 g/mol. The second-order valence-corrected chi connectivity index (χ2v) is 4.00. The summed E-state index contributed by atoms with van der Waals surface area (Å²) < 4.78 is 5.09. The molecule has 0 aliphatic carbocycles. The number of hydrogen-bond donors (Lipinski definition) is 1. The third kappa shape index (κ3) is 1.54. The molecule has 3 aromatic rings. The number of hydrogen-bond acceptors (Lipinski definition) is 3. The number of nitrogens with zero attached hydrogens (tertiary/aromatic N) is 1. The van der Waals surface area contributed by atoms with Crippen LogP contribution in [0.2, 0.25) is 0 Å². The summed E-state index contributed by atoms with van der Waals surface area (Å²) in [6.07, 6.45) is 2.15. The summed E-state index contributed by atoms with van der Waals surface area (Å²) in [4.78, 5) is 14.0. The highest BCUT2D eigenvalue weighted by Crippen LogP contribution is 2.26. The lowest BCUT2D eigenvalue weighted by atomic mass is 10.1. The number of H-pyrrole nitrogens is 1. The van der Waals surface area contributed by atoms with Gasteiger partial charge < -0.3 is 9.51 Å². The Morgan fingerprint density at radius 1 is 1.35 bits per heavy atom. The van der Waals surface area contributed by atoms with Gasteiger partial charge in [0, 0.05) is 10.9 Å². The Kier molecular flexibility index (Phi) is 2.08. The maximum Gasteiger partial charge on any atom is 0.193 e. The van der Waals surface area contributed by atoms with E-state index < -0.39 is 0 Å².